The minimum atomic E-state index is -0.865. The molecule has 0 aromatic rings. The molecule has 0 saturated heterocycles. The molecule has 0 fully saturated rings. The highest BCUT2D eigenvalue weighted by atomic mass is 16.3. The average Bonchev–Trinajstić information content (AvgIpc) is 3.01. The molecule has 0 aliphatic carbocycles. The predicted molar refractivity (Wildman–Crippen MR) is 188 cm³/mol. The van der Waals surface area contributed by atoms with Gasteiger partial charge in [-0.3, -0.25) is 4.79 Å². The summed E-state index contributed by atoms with van der Waals surface area (Å²) in [5, 5.41) is 22.8. The van der Waals surface area contributed by atoms with Gasteiger partial charge in [-0.2, -0.15) is 0 Å². The second-order valence-corrected chi connectivity index (χ2v) is 12.6. The first-order chi connectivity index (χ1) is 21.2. The molecular weight excluding hydrogens is 530 g/mol. The molecule has 4 heteroatoms. The third-order valence-electron chi connectivity index (χ3n) is 8.35. The first-order valence-corrected chi connectivity index (χ1v) is 18.7. The van der Waals surface area contributed by atoms with E-state index in [2.05, 4.69) is 43.5 Å². The van der Waals surface area contributed by atoms with Gasteiger partial charge in [0.25, 0.3) is 0 Å². The number of rotatable bonds is 33. The van der Waals surface area contributed by atoms with Gasteiger partial charge in [0, 0.05) is 6.42 Å². The lowest BCUT2D eigenvalue weighted by Crippen LogP contribution is -2.45. The van der Waals surface area contributed by atoms with E-state index in [0.717, 1.165) is 38.5 Å². The third-order valence-corrected chi connectivity index (χ3v) is 8.35. The van der Waals surface area contributed by atoms with Crippen molar-refractivity contribution in [3.05, 3.63) is 36.5 Å². The molecule has 0 heterocycles. The molecule has 4 nitrogen and oxygen atoms in total. The topological polar surface area (TPSA) is 69.6 Å². The van der Waals surface area contributed by atoms with Gasteiger partial charge in [-0.1, -0.05) is 172 Å². The van der Waals surface area contributed by atoms with E-state index in [4.69, 9.17) is 0 Å². The lowest BCUT2D eigenvalue weighted by molar-refractivity contribution is -0.123. The fourth-order valence-corrected chi connectivity index (χ4v) is 5.44. The largest absolute Gasteiger partial charge is 0.394 e. The first-order valence-electron chi connectivity index (χ1n) is 18.7. The van der Waals surface area contributed by atoms with Crippen LogP contribution in [0.3, 0.4) is 0 Å². The molecule has 2 unspecified atom stereocenters. The molecule has 0 rings (SSSR count). The summed E-state index contributed by atoms with van der Waals surface area (Å²) < 4.78 is 0. The van der Waals surface area contributed by atoms with Gasteiger partial charge in [0.15, 0.2) is 0 Å². The van der Waals surface area contributed by atoms with E-state index in [1.807, 2.05) is 6.08 Å². The standard InChI is InChI=1S/C39H73NO3/c1-3-5-7-9-11-13-15-17-18-19-20-21-22-23-24-26-28-30-32-34-38(42)37(36-41)40-39(43)35-33-31-29-27-25-16-14-12-10-8-6-4-2/h20-21,24,26,32,34,37-38,41-42H,3-19,22-23,25,27-31,33,35-36H2,1-2H3,(H,40,43)/b21-20+,26-24+,34-32+. The van der Waals surface area contributed by atoms with Crippen molar-refractivity contribution in [2.45, 2.75) is 199 Å². The Morgan fingerprint density at radius 3 is 1.35 bits per heavy atom. The summed E-state index contributed by atoms with van der Waals surface area (Å²) in [6.07, 6.45) is 45.2. The molecule has 1 amide bonds. The van der Waals surface area contributed by atoms with E-state index in [1.54, 1.807) is 6.08 Å². The summed E-state index contributed by atoms with van der Waals surface area (Å²) >= 11 is 0. The zero-order chi connectivity index (χ0) is 31.5. The van der Waals surface area contributed by atoms with Gasteiger partial charge in [0.2, 0.25) is 5.91 Å². The number of nitrogens with one attached hydrogen (secondary N) is 1. The van der Waals surface area contributed by atoms with Crippen molar-refractivity contribution < 1.29 is 15.0 Å². The number of hydrogen-bond acceptors (Lipinski definition) is 3. The molecule has 43 heavy (non-hydrogen) atoms. The molecule has 0 aliphatic heterocycles. The van der Waals surface area contributed by atoms with E-state index in [-0.39, 0.29) is 12.5 Å². The van der Waals surface area contributed by atoms with Crippen LogP contribution in [-0.2, 0) is 4.79 Å². The Morgan fingerprint density at radius 1 is 0.535 bits per heavy atom. The van der Waals surface area contributed by atoms with Crippen molar-refractivity contribution in [2.24, 2.45) is 0 Å². The van der Waals surface area contributed by atoms with Crippen molar-refractivity contribution in [3.63, 3.8) is 0 Å². The van der Waals surface area contributed by atoms with Crippen LogP contribution in [0.4, 0.5) is 0 Å². The highest BCUT2D eigenvalue weighted by molar-refractivity contribution is 5.76. The average molecular weight is 604 g/mol. The molecule has 252 valence electrons. The summed E-state index contributed by atoms with van der Waals surface area (Å²) in [6.45, 7) is 4.27. The summed E-state index contributed by atoms with van der Waals surface area (Å²) in [5.41, 5.74) is 0. The van der Waals surface area contributed by atoms with E-state index >= 15 is 0 Å². The van der Waals surface area contributed by atoms with Gasteiger partial charge in [-0.05, 0) is 44.9 Å². The molecule has 0 saturated carbocycles. The predicted octanol–water partition coefficient (Wildman–Crippen LogP) is 11.1. The Morgan fingerprint density at radius 2 is 0.907 bits per heavy atom. The van der Waals surface area contributed by atoms with Crippen molar-refractivity contribution in [2.75, 3.05) is 6.61 Å². The maximum absolute atomic E-state index is 12.3. The first kappa shape index (κ1) is 41.6. The molecule has 2 atom stereocenters. The van der Waals surface area contributed by atoms with E-state index in [1.165, 1.54) is 128 Å². The monoisotopic (exact) mass is 604 g/mol. The van der Waals surface area contributed by atoms with E-state index in [0.29, 0.717) is 6.42 Å². The van der Waals surface area contributed by atoms with Crippen LogP contribution < -0.4 is 5.32 Å². The van der Waals surface area contributed by atoms with E-state index in [9.17, 15) is 15.0 Å². The zero-order valence-electron chi connectivity index (χ0n) is 28.7. The second kappa shape index (κ2) is 35.1. The Kier molecular flexibility index (Phi) is 34.0. The fraction of sp³-hybridized carbons (Fsp3) is 0.821. The van der Waals surface area contributed by atoms with Gasteiger partial charge in [0.1, 0.15) is 0 Å². The van der Waals surface area contributed by atoms with E-state index < -0.39 is 12.1 Å². The summed E-state index contributed by atoms with van der Waals surface area (Å²) in [4.78, 5) is 12.3. The minimum absolute atomic E-state index is 0.0799. The number of amides is 1. The molecule has 0 aromatic carbocycles. The number of carbonyl (C=O) groups is 1. The smallest absolute Gasteiger partial charge is 0.220 e. The van der Waals surface area contributed by atoms with Crippen molar-refractivity contribution in [3.8, 4) is 0 Å². The lowest BCUT2D eigenvalue weighted by Gasteiger charge is -2.19. The Labute approximate surface area is 268 Å². The minimum Gasteiger partial charge on any atom is -0.394 e. The maximum atomic E-state index is 12.3. The Bertz CT molecular complexity index is 657. The highest BCUT2D eigenvalue weighted by Crippen LogP contribution is 2.13. The molecule has 0 aliphatic rings. The van der Waals surface area contributed by atoms with Gasteiger partial charge in [0.05, 0.1) is 18.8 Å². The zero-order valence-corrected chi connectivity index (χ0v) is 28.7. The number of aliphatic hydroxyl groups is 2. The molecule has 0 radical (unpaired) electrons. The number of aliphatic hydroxyl groups excluding tert-OH is 2. The SMILES string of the molecule is CCCCCCCCCCC/C=C/CC/C=C/CC/C=C/C(O)C(CO)NC(=O)CCCCCCCCCCCCCC. The van der Waals surface area contributed by atoms with Crippen LogP contribution in [0.25, 0.3) is 0 Å². The van der Waals surface area contributed by atoms with Crippen LogP contribution in [0.2, 0.25) is 0 Å². The van der Waals surface area contributed by atoms with Crippen LogP contribution in [0.5, 0.6) is 0 Å². The number of allylic oxidation sites excluding steroid dienone is 5. The Balaban J connectivity index is 3.70. The molecule has 3 N–H and O–H groups in total. The summed E-state index contributed by atoms with van der Waals surface area (Å²) in [5.74, 6) is -0.0799. The molecular formula is C39H73NO3. The lowest BCUT2D eigenvalue weighted by atomic mass is 10.0. The van der Waals surface area contributed by atoms with Crippen LogP contribution >= 0.6 is 0 Å². The normalized spacial score (nSPS) is 13.5. The van der Waals surface area contributed by atoms with Gasteiger partial charge in [-0.25, -0.2) is 0 Å². The van der Waals surface area contributed by atoms with Crippen molar-refractivity contribution in [1.29, 1.82) is 0 Å². The Hall–Kier alpha value is -1.39. The van der Waals surface area contributed by atoms with Crippen LogP contribution in [0.1, 0.15) is 187 Å². The summed E-state index contributed by atoms with van der Waals surface area (Å²) in [7, 11) is 0. The number of unbranched alkanes of at least 4 members (excludes halogenated alkanes) is 22. The molecule has 0 spiro atoms. The van der Waals surface area contributed by atoms with Crippen LogP contribution in [0, 0.1) is 0 Å². The van der Waals surface area contributed by atoms with Gasteiger partial charge in [-0.15, -0.1) is 0 Å². The molecule has 0 aromatic heterocycles. The van der Waals surface area contributed by atoms with Gasteiger partial charge < -0.3 is 15.5 Å². The van der Waals surface area contributed by atoms with Crippen molar-refractivity contribution >= 4 is 5.91 Å². The quantitative estimate of drug-likeness (QED) is 0.0516. The molecule has 0 bridgehead atoms. The summed E-state index contributed by atoms with van der Waals surface area (Å²) in [6, 6.07) is -0.640. The van der Waals surface area contributed by atoms with Crippen molar-refractivity contribution in [1.82, 2.24) is 5.32 Å². The van der Waals surface area contributed by atoms with Gasteiger partial charge >= 0.3 is 0 Å². The fourth-order valence-electron chi connectivity index (χ4n) is 5.44. The second-order valence-electron chi connectivity index (χ2n) is 12.6. The number of hydrogen-bond donors (Lipinski definition) is 3. The maximum Gasteiger partial charge on any atom is 0.220 e. The van der Waals surface area contributed by atoms with Crippen LogP contribution in [0.15, 0.2) is 36.5 Å². The third kappa shape index (κ3) is 31.8. The van der Waals surface area contributed by atoms with Crippen LogP contribution in [-0.4, -0.2) is 34.9 Å². The highest BCUT2D eigenvalue weighted by Gasteiger charge is 2.17. The number of carbonyl (C=O) groups excluding carboxylic acids is 1.